The molecule has 1 aromatic carbocycles. The fourth-order valence-electron chi connectivity index (χ4n) is 1.11. The molecule has 0 aliphatic heterocycles. The Labute approximate surface area is 99.8 Å². The number of nitro groups is 2. The molecule has 0 N–H and O–H groups in total. The fourth-order valence-corrected chi connectivity index (χ4v) is 1.25. The first kappa shape index (κ1) is 12.8. The summed E-state index contributed by atoms with van der Waals surface area (Å²) in [6.07, 6.45) is 0. The minimum absolute atomic E-state index is 0.213. The molecule has 1 rings (SSSR count). The molecular formula is C8H6ClN3O5. The second-order valence-corrected chi connectivity index (χ2v) is 3.33. The summed E-state index contributed by atoms with van der Waals surface area (Å²) in [5.74, 6) is -0.636. The quantitative estimate of drug-likeness (QED) is 0.469. The van der Waals surface area contributed by atoms with Crippen LogP contribution in [0.3, 0.4) is 0 Å². The number of carbonyl (C=O) groups excluding carboxylic acids is 1. The average Bonchev–Trinajstić information content (AvgIpc) is 2.26. The highest BCUT2D eigenvalue weighted by molar-refractivity contribution is 6.36. The number of benzene rings is 1. The van der Waals surface area contributed by atoms with Crippen molar-refractivity contribution in [2.45, 2.75) is 6.92 Å². The second-order valence-electron chi connectivity index (χ2n) is 2.99. The SMILES string of the molecule is CC(=O)N(Cl)c1ccc([N+](=O)[O-])cc1[N+](=O)[O-]. The van der Waals surface area contributed by atoms with Gasteiger partial charge in [0.15, 0.2) is 0 Å². The molecule has 9 heteroatoms. The Balaban J connectivity index is 3.37. The van der Waals surface area contributed by atoms with E-state index in [-0.39, 0.29) is 5.69 Å². The summed E-state index contributed by atoms with van der Waals surface area (Å²) < 4.78 is 0.530. The van der Waals surface area contributed by atoms with E-state index >= 15 is 0 Å². The number of hydrogen-bond donors (Lipinski definition) is 0. The Kier molecular flexibility index (Phi) is 3.59. The van der Waals surface area contributed by atoms with Gasteiger partial charge in [-0.1, -0.05) is 0 Å². The molecule has 0 radical (unpaired) electrons. The lowest BCUT2D eigenvalue weighted by atomic mass is 10.2. The fraction of sp³-hybridized carbons (Fsp3) is 0.125. The van der Waals surface area contributed by atoms with E-state index in [9.17, 15) is 25.0 Å². The minimum atomic E-state index is -0.847. The second kappa shape index (κ2) is 4.74. The van der Waals surface area contributed by atoms with Crippen LogP contribution in [-0.2, 0) is 4.79 Å². The van der Waals surface area contributed by atoms with Gasteiger partial charge in [-0.15, -0.1) is 0 Å². The van der Waals surface area contributed by atoms with Crippen molar-refractivity contribution in [1.29, 1.82) is 0 Å². The van der Waals surface area contributed by atoms with E-state index < -0.39 is 27.1 Å². The van der Waals surface area contributed by atoms with Crippen molar-refractivity contribution in [3.8, 4) is 0 Å². The van der Waals surface area contributed by atoms with Crippen LogP contribution in [0.15, 0.2) is 18.2 Å². The lowest BCUT2D eigenvalue weighted by Gasteiger charge is -2.10. The van der Waals surface area contributed by atoms with Crippen molar-refractivity contribution in [2.24, 2.45) is 0 Å². The van der Waals surface area contributed by atoms with Gasteiger partial charge in [0.05, 0.1) is 15.9 Å². The van der Waals surface area contributed by atoms with E-state index in [1.54, 1.807) is 0 Å². The monoisotopic (exact) mass is 259 g/mol. The van der Waals surface area contributed by atoms with Crippen LogP contribution in [0.5, 0.6) is 0 Å². The molecule has 8 nitrogen and oxygen atoms in total. The molecule has 0 aliphatic rings. The summed E-state index contributed by atoms with van der Waals surface area (Å²) in [6.45, 7) is 1.11. The average molecular weight is 260 g/mol. The molecule has 0 aliphatic carbocycles. The summed E-state index contributed by atoms with van der Waals surface area (Å²) >= 11 is 5.53. The van der Waals surface area contributed by atoms with Gasteiger partial charge in [0.25, 0.3) is 5.69 Å². The summed E-state index contributed by atoms with van der Waals surface area (Å²) in [5.41, 5.74) is -1.27. The molecule has 0 fully saturated rings. The van der Waals surface area contributed by atoms with Crippen LogP contribution in [0.2, 0.25) is 0 Å². The number of carbonyl (C=O) groups is 1. The lowest BCUT2D eigenvalue weighted by molar-refractivity contribution is -0.393. The van der Waals surface area contributed by atoms with Crippen LogP contribution >= 0.6 is 11.8 Å². The van der Waals surface area contributed by atoms with E-state index in [4.69, 9.17) is 11.8 Å². The van der Waals surface area contributed by atoms with Gasteiger partial charge in [0.1, 0.15) is 5.69 Å². The number of amides is 1. The van der Waals surface area contributed by atoms with Gasteiger partial charge in [0.2, 0.25) is 5.91 Å². The van der Waals surface area contributed by atoms with E-state index in [1.807, 2.05) is 0 Å². The van der Waals surface area contributed by atoms with Gasteiger partial charge in [-0.2, -0.15) is 0 Å². The normalized spacial score (nSPS) is 9.76. The summed E-state index contributed by atoms with van der Waals surface area (Å²) in [5, 5.41) is 21.2. The molecule has 0 unspecified atom stereocenters. The predicted octanol–water partition coefficient (Wildman–Crippen LogP) is 2.01. The maximum Gasteiger partial charge on any atom is 0.301 e. The van der Waals surface area contributed by atoms with E-state index in [2.05, 4.69) is 0 Å². The van der Waals surface area contributed by atoms with E-state index in [0.29, 0.717) is 4.42 Å². The smallest absolute Gasteiger partial charge is 0.273 e. The van der Waals surface area contributed by atoms with Crippen molar-refractivity contribution in [2.75, 3.05) is 4.42 Å². The molecule has 1 aromatic rings. The Morgan fingerprint density at radius 2 is 1.88 bits per heavy atom. The molecule has 1 amide bonds. The van der Waals surface area contributed by atoms with Gasteiger partial charge >= 0.3 is 5.69 Å². The Morgan fingerprint density at radius 1 is 1.29 bits per heavy atom. The summed E-state index contributed by atoms with van der Waals surface area (Å²) in [4.78, 5) is 30.5. The third-order valence-electron chi connectivity index (χ3n) is 1.85. The minimum Gasteiger partial charge on any atom is -0.273 e. The van der Waals surface area contributed by atoms with Crippen molar-refractivity contribution >= 4 is 34.7 Å². The van der Waals surface area contributed by atoms with Crippen LogP contribution in [-0.4, -0.2) is 15.8 Å². The van der Waals surface area contributed by atoms with Gasteiger partial charge in [-0.3, -0.25) is 25.0 Å². The summed E-state index contributed by atoms with van der Waals surface area (Å²) in [6, 6.07) is 2.82. The predicted molar refractivity (Wildman–Crippen MR) is 58.8 cm³/mol. The maximum atomic E-state index is 11.0. The molecule has 0 saturated carbocycles. The van der Waals surface area contributed by atoms with Crippen LogP contribution in [0.25, 0.3) is 0 Å². The number of nitro benzene ring substituents is 2. The zero-order valence-electron chi connectivity index (χ0n) is 8.49. The molecule has 17 heavy (non-hydrogen) atoms. The van der Waals surface area contributed by atoms with Crippen LogP contribution in [0.1, 0.15) is 6.92 Å². The van der Waals surface area contributed by atoms with Crippen LogP contribution in [0, 0.1) is 20.2 Å². The van der Waals surface area contributed by atoms with E-state index in [0.717, 1.165) is 25.1 Å². The van der Waals surface area contributed by atoms with Crippen LogP contribution in [0.4, 0.5) is 17.1 Å². The first-order valence-corrected chi connectivity index (χ1v) is 4.57. The van der Waals surface area contributed by atoms with Crippen LogP contribution < -0.4 is 4.42 Å². The molecule has 0 saturated heterocycles. The highest BCUT2D eigenvalue weighted by atomic mass is 35.5. The lowest BCUT2D eigenvalue weighted by Crippen LogP contribution is -2.17. The molecule has 0 bridgehead atoms. The van der Waals surface area contributed by atoms with E-state index in [1.165, 1.54) is 0 Å². The number of rotatable bonds is 3. The maximum absolute atomic E-state index is 11.0. The Morgan fingerprint density at radius 3 is 2.29 bits per heavy atom. The van der Waals surface area contributed by atoms with Gasteiger partial charge in [-0.05, 0) is 6.07 Å². The molecule has 90 valence electrons. The van der Waals surface area contributed by atoms with Crippen molar-refractivity contribution < 1.29 is 14.6 Å². The zero-order chi connectivity index (χ0) is 13.2. The molecule has 0 spiro atoms. The number of non-ortho nitro benzene ring substituents is 1. The number of nitrogens with zero attached hydrogens (tertiary/aromatic N) is 3. The van der Waals surface area contributed by atoms with Crippen molar-refractivity contribution in [1.82, 2.24) is 0 Å². The molecule has 0 atom stereocenters. The molecule has 0 aromatic heterocycles. The van der Waals surface area contributed by atoms with Gasteiger partial charge in [0, 0.05) is 24.8 Å². The third kappa shape index (κ3) is 2.67. The van der Waals surface area contributed by atoms with Gasteiger partial charge < -0.3 is 0 Å². The number of halogens is 1. The number of anilines is 1. The first-order valence-electron chi connectivity index (χ1n) is 4.24. The third-order valence-corrected chi connectivity index (χ3v) is 2.27. The zero-order valence-corrected chi connectivity index (χ0v) is 9.25. The molecule has 0 heterocycles. The topological polar surface area (TPSA) is 107 Å². The van der Waals surface area contributed by atoms with Crippen molar-refractivity contribution in [3.05, 3.63) is 38.4 Å². The Hall–Kier alpha value is -2.22. The van der Waals surface area contributed by atoms with Crippen molar-refractivity contribution in [3.63, 3.8) is 0 Å². The first-order chi connectivity index (χ1) is 7.84. The molecular weight excluding hydrogens is 254 g/mol. The Bertz CT molecular complexity index is 504. The highest BCUT2D eigenvalue weighted by Crippen LogP contribution is 2.32. The number of hydrogen-bond acceptors (Lipinski definition) is 5. The van der Waals surface area contributed by atoms with Gasteiger partial charge in [-0.25, -0.2) is 4.42 Å². The standard InChI is InChI=1S/C8H6ClN3O5/c1-5(13)10(9)7-3-2-6(11(14)15)4-8(7)12(16)17/h2-4H,1H3. The largest absolute Gasteiger partial charge is 0.301 e. The summed E-state index contributed by atoms with van der Waals surface area (Å²) in [7, 11) is 0. The highest BCUT2D eigenvalue weighted by Gasteiger charge is 2.24.